The number of hydrogen-bond donors (Lipinski definition) is 4. The first-order valence-corrected chi connectivity index (χ1v) is 9.54. The standard InChI is InChI=1S/C22H17N5O6/c1-33-19-10-14(27(31)32)8-13(20(19)29)11-23-26-22(30)12-6-7-16-17(9-12)25-21(24-16)15-4-2-3-5-18(15)28/h2-11,28-29H,1H3,(H,24,25)(H,26,30)/b23-11+. The highest BCUT2D eigenvalue weighted by Crippen LogP contribution is 2.33. The number of phenolic OH excluding ortho intramolecular Hbond substituents is 2. The van der Waals surface area contributed by atoms with Crippen molar-refractivity contribution < 1.29 is 24.7 Å². The van der Waals surface area contributed by atoms with Crippen LogP contribution in [0.2, 0.25) is 0 Å². The summed E-state index contributed by atoms with van der Waals surface area (Å²) < 4.78 is 4.93. The molecule has 4 N–H and O–H groups in total. The van der Waals surface area contributed by atoms with Crippen molar-refractivity contribution in [1.29, 1.82) is 0 Å². The number of aromatic hydroxyl groups is 2. The Morgan fingerprint density at radius 3 is 2.73 bits per heavy atom. The molecular weight excluding hydrogens is 430 g/mol. The number of benzene rings is 3. The Kier molecular flexibility index (Phi) is 5.60. The van der Waals surface area contributed by atoms with E-state index in [9.17, 15) is 25.1 Å². The van der Waals surface area contributed by atoms with Gasteiger partial charge < -0.3 is 19.9 Å². The molecule has 3 aromatic carbocycles. The fraction of sp³-hybridized carbons (Fsp3) is 0.0455. The fourth-order valence-corrected chi connectivity index (χ4v) is 3.15. The summed E-state index contributed by atoms with van der Waals surface area (Å²) in [5.41, 5.74) is 3.97. The average molecular weight is 447 g/mol. The van der Waals surface area contributed by atoms with Crippen LogP contribution in [0.4, 0.5) is 5.69 Å². The van der Waals surface area contributed by atoms with E-state index in [-0.39, 0.29) is 34.1 Å². The van der Waals surface area contributed by atoms with Gasteiger partial charge in [0.1, 0.15) is 11.6 Å². The predicted octanol–water partition coefficient (Wildman–Crippen LogP) is 3.32. The normalized spacial score (nSPS) is 11.1. The SMILES string of the molecule is COc1cc([N+](=O)[O-])cc(/C=N/NC(=O)c2ccc3nc(-c4ccccc4O)[nH]c3c2)c1O. The zero-order valence-corrected chi connectivity index (χ0v) is 17.1. The van der Waals surface area contributed by atoms with E-state index in [1.165, 1.54) is 7.11 Å². The van der Waals surface area contributed by atoms with Gasteiger partial charge in [-0.2, -0.15) is 5.10 Å². The molecule has 1 aromatic heterocycles. The van der Waals surface area contributed by atoms with Gasteiger partial charge >= 0.3 is 0 Å². The number of fused-ring (bicyclic) bond motifs is 1. The van der Waals surface area contributed by atoms with Gasteiger partial charge in [0.25, 0.3) is 11.6 Å². The molecule has 0 aliphatic heterocycles. The molecule has 166 valence electrons. The third-order valence-electron chi connectivity index (χ3n) is 4.79. The van der Waals surface area contributed by atoms with Crippen molar-refractivity contribution in [2.75, 3.05) is 7.11 Å². The van der Waals surface area contributed by atoms with Gasteiger partial charge in [0, 0.05) is 17.2 Å². The number of nitrogens with zero attached hydrogens (tertiary/aromatic N) is 3. The number of nitro benzene ring substituents is 1. The van der Waals surface area contributed by atoms with E-state index in [0.29, 0.717) is 22.4 Å². The number of rotatable bonds is 6. The lowest BCUT2D eigenvalue weighted by molar-refractivity contribution is -0.385. The molecule has 11 nitrogen and oxygen atoms in total. The van der Waals surface area contributed by atoms with Crippen molar-refractivity contribution >= 4 is 28.8 Å². The van der Waals surface area contributed by atoms with Crippen LogP contribution in [-0.4, -0.2) is 44.3 Å². The van der Waals surface area contributed by atoms with Gasteiger partial charge in [-0.15, -0.1) is 0 Å². The lowest BCUT2D eigenvalue weighted by atomic mass is 10.1. The summed E-state index contributed by atoms with van der Waals surface area (Å²) in [6.45, 7) is 0. The van der Waals surface area contributed by atoms with Crippen LogP contribution in [0, 0.1) is 10.1 Å². The number of non-ortho nitro benzene ring substituents is 1. The number of methoxy groups -OCH3 is 1. The van der Waals surface area contributed by atoms with Crippen LogP contribution in [0.15, 0.2) is 59.7 Å². The van der Waals surface area contributed by atoms with Gasteiger partial charge in [0.2, 0.25) is 0 Å². The molecule has 4 rings (SSSR count). The molecule has 11 heteroatoms. The largest absolute Gasteiger partial charge is 0.507 e. The van der Waals surface area contributed by atoms with E-state index >= 15 is 0 Å². The molecule has 0 unspecified atom stereocenters. The van der Waals surface area contributed by atoms with Crippen LogP contribution >= 0.6 is 0 Å². The second-order valence-electron chi connectivity index (χ2n) is 6.88. The van der Waals surface area contributed by atoms with Crippen molar-refractivity contribution in [2.24, 2.45) is 5.10 Å². The van der Waals surface area contributed by atoms with Gasteiger partial charge in [-0.3, -0.25) is 14.9 Å². The van der Waals surface area contributed by atoms with Crippen LogP contribution in [0.25, 0.3) is 22.4 Å². The Balaban J connectivity index is 1.55. The topological polar surface area (TPSA) is 163 Å². The molecule has 4 aromatic rings. The molecule has 0 atom stereocenters. The van der Waals surface area contributed by atoms with E-state index in [1.807, 2.05) is 0 Å². The first-order chi connectivity index (χ1) is 15.9. The summed E-state index contributed by atoms with van der Waals surface area (Å²) in [4.78, 5) is 30.4. The van der Waals surface area contributed by atoms with Crippen molar-refractivity contribution in [3.05, 3.63) is 75.8 Å². The van der Waals surface area contributed by atoms with Gasteiger partial charge in [-0.05, 0) is 30.3 Å². The lowest BCUT2D eigenvalue weighted by Gasteiger charge is -2.06. The molecule has 1 heterocycles. The first kappa shape index (κ1) is 21.3. The number of hydrogen-bond acceptors (Lipinski definition) is 8. The quantitative estimate of drug-likeness (QED) is 0.200. The Bertz CT molecular complexity index is 1410. The number of amides is 1. The van der Waals surface area contributed by atoms with Crippen LogP contribution in [-0.2, 0) is 0 Å². The summed E-state index contributed by atoms with van der Waals surface area (Å²) >= 11 is 0. The number of H-pyrrole nitrogens is 1. The monoisotopic (exact) mass is 447 g/mol. The first-order valence-electron chi connectivity index (χ1n) is 9.54. The van der Waals surface area contributed by atoms with Gasteiger partial charge in [-0.1, -0.05) is 12.1 Å². The molecule has 0 saturated heterocycles. The van der Waals surface area contributed by atoms with Crippen LogP contribution in [0.5, 0.6) is 17.2 Å². The van der Waals surface area contributed by atoms with Crippen molar-refractivity contribution in [3.63, 3.8) is 0 Å². The van der Waals surface area contributed by atoms with E-state index in [4.69, 9.17) is 4.74 Å². The number of nitro groups is 1. The number of aromatic nitrogens is 2. The maximum Gasteiger partial charge on any atom is 0.274 e. The van der Waals surface area contributed by atoms with E-state index in [1.54, 1.807) is 42.5 Å². The van der Waals surface area contributed by atoms with Crippen molar-refractivity contribution in [2.45, 2.75) is 0 Å². The maximum absolute atomic E-state index is 12.5. The van der Waals surface area contributed by atoms with Gasteiger partial charge in [0.05, 0.1) is 40.9 Å². The minimum atomic E-state index is -0.638. The summed E-state index contributed by atoms with van der Waals surface area (Å²) in [5.74, 6) is -0.471. The summed E-state index contributed by atoms with van der Waals surface area (Å²) in [6, 6.07) is 13.7. The van der Waals surface area contributed by atoms with E-state index in [2.05, 4.69) is 20.5 Å². The average Bonchev–Trinajstić information content (AvgIpc) is 3.23. The summed E-state index contributed by atoms with van der Waals surface area (Å²) in [5, 5.41) is 35.0. The fourth-order valence-electron chi connectivity index (χ4n) is 3.15. The zero-order chi connectivity index (χ0) is 23.5. The molecule has 0 radical (unpaired) electrons. The Labute approximate surface area is 186 Å². The molecule has 0 bridgehead atoms. The Hall–Kier alpha value is -4.93. The van der Waals surface area contributed by atoms with Crippen LogP contribution in [0.3, 0.4) is 0 Å². The summed E-state index contributed by atoms with van der Waals surface area (Å²) in [6.07, 6.45) is 1.08. The number of ether oxygens (including phenoxy) is 1. The molecule has 0 saturated carbocycles. The highest BCUT2D eigenvalue weighted by molar-refractivity contribution is 5.98. The second-order valence-corrected chi connectivity index (χ2v) is 6.88. The maximum atomic E-state index is 12.5. The lowest BCUT2D eigenvalue weighted by Crippen LogP contribution is -2.17. The molecule has 0 spiro atoms. The van der Waals surface area contributed by atoms with Crippen LogP contribution < -0.4 is 10.2 Å². The summed E-state index contributed by atoms with van der Waals surface area (Å²) in [7, 11) is 1.26. The van der Waals surface area contributed by atoms with Gasteiger partial charge in [-0.25, -0.2) is 10.4 Å². The number of carbonyl (C=O) groups excluding carboxylic acids is 1. The number of phenols is 2. The molecule has 33 heavy (non-hydrogen) atoms. The number of imidazole rings is 1. The molecule has 0 fully saturated rings. The number of nitrogens with one attached hydrogen (secondary N) is 2. The van der Waals surface area contributed by atoms with Crippen LogP contribution in [0.1, 0.15) is 15.9 Å². The van der Waals surface area contributed by atoms with E-state index < -0.39 is 10.8 Å². The predicted molar refractivity (Wildman–Crippen MR) is 120 cm³/mol. The Morgan fingerprint density at radius 2 is 2.00 bits per heavy atom. The third-order valence-corrected chi connectivity index (χ3v) is 4.79. The highest BCUT2D eigenvalue weighted by atomic mass is 16.6. The molecule has 1 amide bonds. The molecule has 0 aliphatic carbocycles. The molecule has 0 aliphatic rings. The molecular formula is C22H17N5O6. The number of para-hydroxylation sites is 1. The Morgan fingerprint density at radius 1 is 1.21 bits per heavy atom. The van der Waals surface area contributed by atoms with Gasteiger partial charge in [0.15, 0.2) is 11.5 Å². The zero-order valence-electron chi connectivity index (χ0n) is 17.1. The number of carbonyl (C=O) groups is 1. The number of hydrazone groups is 1. The number of aromatic amines is 1. The third kappa shape index (κ3) is 4.28. The second kappa shape index (κ2) is 8.67. The van der Waals surface area contributed by atoms with E-state index in [0.717, 1.165) is 18.3 Å². The smallest absolute Gasteiger partial charge is 0.274 e. The minimum Gasteiger partial charge on any atom is -0.507 e. The van der Waals surface area contributed by atoms with Crippen molar-refractivity contribution in [3.8, 4) is 28.6 Å². The minimum absolute atomic E-state index is 0.00215. The van der Waals surface area contributed by atoms with Crippen molar-refractivity contribution in [1.82, 2.24) is 15.4 Å². The highest BCUT2D eigenvalue weighted by Gasteiger charge is 2.16.